The Bertz CT molecular complexity index is 1330. The van der Waals surface area contributed by atoms with Crippen molar-refractivity contribution in [1.29, 1.82) is 0 Å². The molecule has 0 fully saturated rings. The second kappa shape index (κ2) is 10.9. The number of nitrogens with one attached hydrogen (secondary N) is 1. The Kier molecular flexibility index (Phi) is 8.02. The summed E-state index contributed by atoms with van der Waals surface area (Å²) in [6.07, 6.45) is 1.02. The number of amidine groups is 1. The lowest BCUT2D eigenvalue weighted by atomic mass is 9.82. The number of halogens is 3. The summed E-state index contributed by atoms with van der Waals surface area (Å²) in [7, 11) is 0. The highest BCUT2D eigenvalue weighted by atomic mass is 79.9. The Morgan fingerprint density at radius 2 is 1.69 bits per heavy atom. The van der Waals surface area contributed by atoms with Crippen molar-refractivity contribution in [3.05, 3.63) is 85.2 Å². The first-order valence-electron chi connectivity index (χ1n) is 11.3. The van der Waals surface area contributed by atoms with Crippen LogP contribution in [0.1, 0.15) is 49.5 Å². The van der Waals surface area contributed by atoms with Crippen LogP contribution in [-0.4, -0.2) is 17.6 Å². The summed E-state index contributed by atoms with van der Waals surface area (Å²) in [5, 5.41) is 8.37. The SMILES string of the molecule is CCC(C)(C)c1ccc(Oc2cccc(C(=O)NC3=NN(c4c(Br)cc(Br)cc4Br)C(=O)C3)c2)cc1. The van der Waals surface area contributed by atoms with Crippen LogP contribution in [0, 0.1) is 0 Å². The normalized spacial score (nSPS) is 13.6. The van der Waals surface area contributed by atoms with Crippen LogP contribution in [0.2, 0.25) is 0 Å². The molecule has 3 aromatic carbocycles. The molecule has 0 unspecified atom stereocenters. The molecular weight excluding hydrogens is 654 g/mol. The largest absolute Gasteiger partial charge is 0.457 e. The van der Waals surface area contributed by atoms with E-state index in [4.69, 9.17) is 4.74 Å². The van der Waals surface area contributed by atoms with Gasteiger partial charge in [0.15, 0.2) is 0 Å². The van der Waals surface area contributed by atoms with Crippen molar-refractivity contribution < 1.29 is 14.3 Å². The molecule has 6 nitrogen and oxygen atoms in total. The van der Waals surface area contributed by atoms with Gasteiger partial charge in [-0.05, 0) is 91.7 Å². The van der Waals surface area contributed by atoms with Crippen molar-refractivity contribution in [1.82, 2.24) is 5.32 Å². The summed E-state index contributed by atoms with van der Waals surface area (Å²) in [4.78, 5) is 25.6. The summed E-state index contributed by atoms with van der Waals surface area (Å²) in [5.74, 6) is 0.880. The fourth-order valence-corrected chi connectivity index (χ4v) is 6.22. The number of hydrogen-bond acceptors (Lipinski definition) is 4. The quantitative estimate of drug-likeness (QED) is 0.288. The molecule has 0 atom stereocenters. The standard InChI is InChI=1S/C27H24Br3N3O3/c1-4-27(2,3)17-8-10-19(11-9-17)36-20-7-5-6-16(12-20)26(35)31-23-15-24(34)33(32-23)25-21(29)13-18(28)14-22(25)30/h5-14H,4,15H2,1-3H3,(H,31,32,35). The lowest BCUT2D eigenvalue weighted by Gasteiger charge is -2.23. The molecule has 1 N–H and O–H groups in total. The summed E-state index contributed by atoms with van der Waals surface area (Å²) >= 11 is 10.4. The van der Waals surface area contributed by atoms with E-state index in [1.807, 2.05) is 24.3 Å². The third kappa shape index (κ3) is 5.90. The smallest absolute Gasteiger partial charge is 0.256 e. The lowest BCUT2D eigenvalue weighted by Crippen LogP contribution is -2.29. The van der Waals surface area contributed by atoms with Crippen molar-refractivity contribution in [3.63, 3.8) is 0 Å². The Hall–Kier alpha value is -2.49. The van der Waals surface area contributed by atoms with Crippen molar-refractivity contribution in [3.8, 4) is 11.5 Å². The zero-order chi connectivity index (χ0) is 26.0. The summed E-state index contributed by atoms with van der Waals surface area (Å²) in [6, 6.07) is 18.5. The average molecular weight is 678 g/mol. The zero-order valence-corrected chi connectivity index (χ0v) is 24.7. The summed E-state index contributed by atoms with van der Waals surface area (Å²) in [6.45, 7) is 6.59. The molecule has 0 spiro atoms. The van der Waals surface area contributed by atoms with E-state index in [9.17, 15) is 9.59 Å². The van der Waals surface area contributed by atoms with Gasteiger partial charge < -0.3 is 10.1 Å². The van der Waals surface area contributed by atoms with Gasteiger partial charge in [-0.1, -0.05) is 54.9 Å². The van der Waals surface area contributed by atoms with Crippen LogP contribution < -0.4 is 15.1 Å². The van der Waals surface area contributed by atoms with E-state index in [0.717, 1.165) is 10.9 Å². The van der Waals surface area contributed by atoms with E-state index >= 15 is 0 Å². The lowest BCUT2D eigenvalue weighted by molar-refractivity contribution is -0.116. The Labute approximate surface area is 235 Å². The molecule has 0 bridgehead atoms. The number of amides is 2. The molecule has 1 aliphatic heterocycles. The minimum Gasteiger partial charge on any atom is -0.457 e. The number of benzene rings is 3. The van der Waals surface area contributed by atoms with E-state index in [0.29, 0.717) is 31.7 Å². The third-order valence-electron chi connectivity index (χ3n) is 6.08. The molecule has 36 heavy (non-hydrogen) atoms. The predicted octanol–water partition coefficient (Wildman–Crippen LogP) is 7.93. The molecular formula is C27H24Br3N3O3. The van der Waals surface area contributed by atoms with Gasteiger partial charge in [0.25, 0.3) is 11.8 Å². The van der Waals surface area contributed by atoms with E-state index in [1.54, 1.807) is 24.3 Å². The van der Waals surface area contributed by atoms with Crippen LogP contribution in [0.15, 0.2) is 79.2 Å². The topological polar surface area (TPSA) is 71.0 Å². The van der Waals surface area contributed by atoms with Gasteiger partial charge in [0.1, 0.15) is 17.3 Å². The summed E-state index contributed by atoms with van der Waals surface area (Å²) in [5.41, 5.74) is 2.31. The minimum atomic E-state index is -0.372. The average Bonchev–Trinajstić information content (AvgIpc) is 3.18. The molecule has 0 aliphatic carbocycles. The number of hydrogen-bond donors (Lipinski definition) is 1. The second-order valence-corrected chi connectivity index (χ2v) is 11.6. The first kappa shape index (κ1) is 26.6. The van der Waals surface area contributed by atoms with Crippen molar-refractivity contribution >= 4 is 71.1 Å². The van der Waals surface area contributed by atoms with Gasteiger partial charge in [0.2, 0.25) is 0 Å². The van der Waals surface area contributed by atoms with E-state index < -0.39 is 0 Å². The number of rotatable bonds is 6. The van der Waals surface area contributed by atoms with Crippen LogP contribution in [0.25, 0.3) is 0 Å². The maximum absolute atomic E-state index is 12.9. The van der Waals surface area contributed by atoms with Crippen LogP contribution in [0.4, 0.5) is 5.69 Å². The first-order valence-corrected chi connectivity index (χ1v) is 13.7. The number of ether oxygens (including phenoxy) is 1. The fraction of sp³-hybridized carbons (Fsp3) is 0.222. The molecule has 2 amide bonds. The van der Waals surface area contributed by atoms with Crippen LogP contribution in [0.3, 0.4) is 0 Å². The van der Waals surface area contributed by atoms with E-state index in [1.165, 1.54) is 10.6 Å². The van der Waals surface area contributed by atoms with Gasteiger partial charge in [0, 0.05) is 19.0 Å². The van der Waals surface area contributed by atoms with E-state index in [-0.39, 0.29) is 29.5 Å². The van der Waals surface area contributed by atoms with Gasteiger partial charge >= 0.3 is 0 Å². The molecule has 1 heterocycles. The minimum absolute atomic E-state index is 0.0165. The summed E-state index contributed by atoms with van der Waals surface area (Å²) < 4.78 is 8.20. The molecule has 9 heteroatoms. The van der Waals surface area contributed by atoms with Crippen molar-refractivity contribution in [2.75, 3.05) is 5.01 Å². The highest BCUT2D eigenvalue weighted by molar-refractivity contribution is 9.11. The van der Waals surface area contributed by atoms with Crippen LogP contribution in [0.5, 0.6) is 11.5 Å². The second-order valence-electron chi connectivity index (χ2n) is 8.99. The predicted molar refractivity (Wildman–Crippen MR) is 153 cm³/mol. The molecule has 1 aliphatic rings. The molecule has 0 aromatic heterocycles. The number of carbonyl (C=O) groups excluding carboxylic acids is 2. The first-order chi connectivity index (χ1) is 17.1. The van der Waals surface area contributed by atoms with Gasteiger partial charge in [-0.3, -0.25) is 9.59 Å². The molecule has 186 valence electrons. The maximum Gasteiger partial charge on any atom is 0.256 e. The Morgan fingerprint density at radius 1 is 1.03 bits per heavy atom. The molecule has 0 saturated heterocycles. The Morgan fingerprint density at radius 3 is 2.33 bits per heavy atom. The third-order valence-corrected chi connectivity index (χ3v) is 7.75. The van der Waals surface area contributed by atoms with Gasteiger partial charge in [-0.25, -0.2) is 0 Å². The molecule has 4 rings (SSSR count). The van der Waals surface area contributed by atoms with Crippen molar-refractivity contribution in [2.24, 2.45) is 5.10 Å². The number of carbonyl (C=O) groups is 2. The maximum atomic E-state index is 12.9. The number of anilines is 1. The molecule has 0 saturated carbocycles. The number of hydrazone groups is 1. The van der Waals surface area contributed by atoms with E-state index in [2.05, 4.69) is 91.1 Å². The van der Waals surface area contributed by atoms with Gasteiger partial charge in [0.05, 0.1) is 12.1 Å². The monoisotopic (exact) mass is 675 g/mol. The molecule has 0 radical (unpaired) electrons. The highest BCUT2D eigenvalue weighted by Gasteiger charge is 2.29. The van der Waals surface area contributed by atoms with Crippen LogP contribution >= 0.6 is 47.8 Å². The van der Waals surface area contributed by atoms with Crippen LogP contribution in [-0.2, 0) is 10.2 Å². The van der Waals surface area contributed by atoms with Crippen molar-refractivity contribution in [2.45, 2.75) is 39.0 Å². The Balaban J connectivity index is 1.47. The fourth-order valence-electron chi connectivity index (χ4n) is 3.63. The zero-order valence-electron chi connectivity index (χ0n) is 19.9. The van der Waals surface area contributed by atoms with Gasteiger partial charge in [-0.15, -0.1) is 0 Å². The number of nitrogens with zero attached hydrogens (tertiary/aromatic N) is 2. The van der Waals surface area contributed by atoms with Gasteiger partial charge in [-0.2, -0.15) is 10.1 Å². The molecule has 3 aromatic rings. The highest BCUT2D eigenvalue weighted by Crippen LogP contribution is 2.38.